The zero-order valence-corrected chi connectivity index (χ0v) is 24.8. The van der Waals surface area contributed by atoms with Crippen molar-refractivity contribution in [2.75, 3.05) is 46.6 Å². The monoisotopic (exact) mass is 587 g/mol. The van der Waals surface area contributed by atoms with Gasteiger partial charge in [0, 0.05) is 31.0 Å². The number of benzene rings is 3. The maximum absolute atomic E-state index is 6.34. The smallest absolute Gasteiger partial charge is 0.138 e. The SMILES string of the molecule is COc1ccccc1COCCCOc1ccc(C2CCNCC2OCCOc2ccccc2CCn2cnnn2)cc1. The molecule has 5 rings (SSSR count). The molecule has 2 atom stereocenters. The van der Waals surface area contributed by atoms with Gasteiger partial charge in [-0.3, -0.25) is 0 Å². The molecule has 10 heteroatoms. The Morgan fingerprint density at radius 2 is 1.67 bits per heavy atom. The number of aryl methyl sites for hydroxylation is 2. The van der Waals surface area contributed by atoms with E-state index in [1.54, 1.807) is 18.1 Å². The van der Waals surface area contributed by atoms with Crippen LogP contribution >= 0.6 is 0 Å². The van der Waals surface area contributed by atoms with Gasteiger partial charge in [-0.2, -0.15) is 0 Å². The van der Waals surface area contributed by atoms with Gasteiger partial charge in [-0.1, -0.05) is 48.5 Å². The van der Waals surface area contributed by atoms with Crippen molar-refractivity contribution >= 4 is 0 Å². The minimum Gasteiger partial charge on any atom is -0.496 e. The van der Waals surface area contributed by atoms with Gasteiger partial charge in [0.25, 0.3) is 0 Å². The molecule has 1 aliphatic heterocycles. The standard InChI is InChI=1S/C33H41N5O5/c1-39-31-9-4-3-8-28(31)24-40-19-6-20-41-29-13-11-26(12-14-29)30-15-17-34-23-33(30)43-22-21-42-32-10-5-2-7-27(32)16-18-38-25-35-36-37-38/h2-5,7-14,25,30,33-34H,6,15-24H2,1H3. The van der Waals surface area contributed by atoms with E-state index in [4.69, 9.17) is 23.7 Å². The molecule has 43 heavy (non-hydrogen) atoms. The van der Waals surface area contributed by atoms with E-state index in [-0.39, 0.29) is 6.10 Å². The maximum Gasteiger partial charge on any atom is 0.138 e. The lowest BCUT2D eigenvalue weighted by Gasteiger charge is -2.32. The van der Waals surface area contributed by atoms with Gasteiger partial charge in [0.1, 0.15) is 30.2 Å². The van der Waals surface area contributed by atoms with E-state index < -0.39 is 0 Å². The molecule has 1 fully saturated rings. The number of hydrogen-bond acceptors (Lipinski definition) is 9. The summed E-state index contributed by atoms with van der Waals surface area (Å²) in [5.74, 6) is 2.91. The highest BCUT2D eigenvalue weighted by Gasteiger charge is 2.27. The average molecular weight is 588 g/mol. The number of nitrogens with one attached hydrogen (secondary N) is 1. The number of rotatable bonds is 17. The fourth-order valence-corrected chi connectivity index (χ4v) is 5.27. The van der Waals surface area contributed by atoms with E-state index in [1.807, 2.05) is 42.5 Å². The molecule has 0 bridgehead atoms. The van der Waals surface area contributed by atoms with E-state index in [9.17, 15) is 0 Å². The second kappa shape index (κ2) is 16.6. The average Bonchev–Trinajstić information content (AvgIpc) is 3.59. The molecule has 0 aliphatic carbocycles. The zero-order chi connectivity index (χ0) is 29.5. The Labute approximate surface area is 253 Å². The van der Waals surface area contributed by atoms with Crippen LogP contribution in [0.3, 0.4) is 0 Å². The molecular weight excluding hydrogens is 546 g/mol. The molecule has 0 spiro atoms. The number of methoxy groups -OCH3 is 1. The van der Waals surface area contributed by atoms with Crippen molar-refractivity contribution in [1.82, 2.24) is 25.5 Å². The lowest BCUT2D eigenvalue weighted by atomic mass is 9.88. The van der Waals surface area contributed by atoms with Crippen LogP contribution in [-0.2, 0) is 29.0 Å². The zero-order valence-electron chi connectivity index (χ0n) is 24.8. The van der Waals surface area contributed by atoms with Gasteiger partial charge in [-0.25, -0.2) is 4.68 Å². The predicted octanol–water partition coefficient (Wildman–Crippen LogP) is 4.45. The minimum absolute atomic E-state index is 0.0829. The van der Waals surface area contributed by atoms with Crippen molar-refractivity contribution in [2.24, 2.45) is 0 Å². The second-order valence-corrected chi connectivity index (χ2v) is 10.4. The third kappa shape index (κ3) is 9.25. The highest BCUT2D eigenvalue weighted by atomic mass is 16.5. The fraction of sp³-hybridized carbons (Fsp3) is 0.424. The van der Waals surface area contributed by atoms with Gasteiger partial charge < -0.3 is 29.0 Å². The van der Waals surface area contributed by atoms with Gasteiger partial charge in [-0.15, -0.1) is 5.10 Å². The van der Waals surface area contributed by atoms with Crippen LogP contribution in [0.5, 0.6) is 17.2 Å². The highest BCUT2D eigenvalue weighted by Crippen LogP contribution is 2.29. The number of tetrazole rings is 1. The summed E-state index contributed by atoms with van der Waals surface area (Å²) in [6.07, 6.45) is 4.32. The molecule has 1 aromatic heterocycles. The summed E-state index contributed by atoms with van der Waals surface area (Å²) in [5.41, 5.74) is 3.44. The van der Waals surface area contributed by atoms with Gasteiger partial charge in [0.2, 0.25) is 0 Å². The third-order valence-electron chi connectivity index (χ3n) is 7.53. The van der Waals surface area contributed by atoms with Gasteiger partial charge in [0.15, 0.2) is 0 Å². The quantitative estimate of drug-likeness (QED) is 0.180. The van der Waals surface area contributed by atoms with Crippen LogP contribution in [0.4, 0.5) is 0 Å². The van der Waals surface area contributed by atoms with Crippen molar-refractivity contribution in [3.63, 3.8) is 0 Å². The first-order valence-corrected chi connectivity index (χ1v) is 15.0. The molecule has 4 aromatic rings. The first-order chi connectivity index (χ1) is 21.3. The van der Waals surface area contributed by atoms with Crippen molar-refractivity contribution in [2.45, 2.75) is 44.4 Å². The Kier molecular flexibility index (Phi) is 11.8. The van der Waals surface area contributed by atoms with Crippen molar-refractivity contribution in [1.29, 1.82) is 0 Å². The molecule has 0 saturated carbocycles. The van der Waals surface area contributed by atoms with Crippen LogP contribution in [0.1, 0.15) is 35.4 Å². The first kappa shape index (κ1) is 30.5. The second-order valence-electron chi connectivity index (χ2n) is 10.4. The van der Waals surface area contributed by atoms with Crippen LogP contribution in [0, 0.1) is 0 Å². The molecule has 1 saturated heterocycles. The minimum atomic E-state index is 0.0829. The van der Waals surface area contributed by atoms with E-state index in [2.05, 4.69) is 51.2 Å². The topological polar surface area (TPSA) is 102 Å². The molecule has 0 amide bonds. The summed E-state index contributed by atoms with van der Waals surface area (Å²) < 4.78 is 31.3. The normalized spacial score (nSPS) is 16.6. The maximum atomic E-state index is 6.34. The van der Waals surface area contributed by atoms with E-state index >= 15 is 0 Å². The lowest BCUT2D eigenvalue weighted by Crippen LogP contribution is -2.41. The van der Waals surface area contributed by atoms with Gasteiger partial charge in [-0.05, 0) is 65.2 Å². The molecule has 228 valence electrons. The third-order valence-corrected chi connectivity index (χ3v) is 7.53. The molecule has 2 heterocycles. The number of ether oxygens (including phenoxy) is 5. The summed E-state index contributed by atoms with van der Waals surface area (Å²) in [4.78, 5) is 0. The number of nitrogens with zero attached hydrogens (tertiary/aromatic N) is 4. The van der Waals surface area contributed by atoms with E-state index in [0.29, 0.717) is 45.5 Å². The number of aromatic nitrogens is 4. The molecule has 1 aliphatic rings. The molecule has 10 nitrogen and oxygen atoms in total. The lowest BCUT2D eigenvalue weighted by molar-refractivity contribution is 0.00720. The Bertz CT molecular complexity index is 1350. The summed E-state index contributed by atoms with van der Waals surface area (Å²) >= 11 is 0. The number of hydrogen-bond donors (Lipinski definition) is 1. The molecule has 3 aromatic carbocycles. The van der Waals surface area contributed by atoms with Crippen LogP contribution < -0.4 is 19.5 Å². The summed E-state index contributed by atoms with van der Waals surface area (Å²) in [6.45, 7) is 5.25. The molecular formula is C33H41N5O5. The number of piperidine rings is 1. The molecule has 2 unspecified atom stereocenters. The van der Waals surface area contributed by atoms with Crippen molar-refractivity contribution < 1.29 is 23.7 Å². The molecule has 0 radical (unpaired) electrons. The Morgan fingerprint density at radius 1 is 0.860 bits per heavy atom. The highest BCUT2D eigenvalue weighted by molar-refractivity contribution is 5.34. The first-order valence-electron chi connectivity index (χ1n) is 15.0. The predicted molar refractivity (Wildman–Crippen MR) is 163 cm³/mol. The molecule has 1 N–H and O–H groups in total. The van der Waals surface area contributed by atoms with Crippen molar-refractivity contribution in [3.8, 4) is 17.2 Å². The summed E-state index contributed by atoms with van der Waals surface area (Å²) in [5, 5.41) is 14.8. The van der Waals surface area contributed by atoms with Crippen molar-refractivity contribution in [3.05, 3.63) is 95.8 Å². The number of para-hydroxylation sites is 2. The fourth-order valence-electron chi connectivity index (χ4n) is 5.27. The van der Waals surface area contributed by atoms with E-state index in [0.717, 1.165) is 60.7 Å². The Hall–Kier alpha value is -3.99. The van der Waals surface area contributed by atoms with E-state index in [1.165, 1.54) is 5.56 Å². The van der Waals surface area contributed by atoms with Crippen LogP contribution in [0.15, 0.2) is 79.1 Å². The van der Waals surface area contributed by atoms with Gasteiger partial charge >= 0.3 is 0 Å². The van der Waals surface area contributed by atoms with Gasteiger partial charge in [0.05, 0.1) is 39.6 Å². The summed E-state index contributed by atoms with van der Waals surface area (Å²) in [7, 11) is 1.68. The Balaban J connectivity index is 1.02. The van der Waals surface area contributed by atoms with Crippen LogP contribution in [-0.4, -0.2) is 72.9 Å². The largest absolute Gasteiger partial charge is 0.496 e. The van der Waals surface area contributed by atoms with Crippen LogP contribution in [0.25, 0.3) is 0 Å². The Morgan fingerprint density at radius 3 is 2.49 bits per heavy atom. The summed E-state index contributed by atoms with van der Waals surface area (Å²) in [6, 6.07) is 24.4. The van der Waals surface area contributed by atoms with Crippen LogP contribution in [0.2, 0.25) is 0 Å².